The lowest BCUT2D eigenvalue weighted by atomic mass is 9.72. The molecule has 1 N–H and O–H groups in total. The van der Waals surface area contributed by atoms with E-state index in [4.69, 9.17) is 5.26 Å². The molecule has 0 saturated heterocycles. The van der Waals surface area contributed by atoms with Gasteiger partial charge in [-0.25, -0.2) is 8.78 Å². The summed E-state index contributed by atoms with van der Waals surface area (Å²) in [5.41, 5.74) is 0.149. The van der Waals surface area contributed by atoms with Crippen molar-refractivity contribution in [2.24, 2.45) is 5.41 Å². The highest BCUT2D eigenvalue weighted by Gasteiger charge is 2.46. The number of hydrogen-bond donors (Lipinski definition) is 1. The number of halogens is 2. The quantitative estimate of drug-likeness (QED) is 0.824. The van der Waals surface area contributed by atoms with E-state index in [-0.39, 0.29) is 24.3 Å². The van der Waals surface area contributed by atoms with Crippen LogP contribution in [0.4, 0.5) is 8.78 Å². The summed E-state index contributed by atoms with van der Waals surface area (Å²) in [6, 6.07) is 2.63. The lowest BCUT2D eigenvalue weighted by Crippen LogP contribution is -2.52. The van der Waals surface area contributed by atoms with Gasteiger partial charge in [-0.3, -0.25) is 0 Å². The summed E-state index contributed by atoms with van der Waals surface area (Å²) in [4.78, 5) is 0. The van der Waals surface area contributed by atoms with Gasteiger partial charge in [0.1, 0.15) is 0 Å². The van der Waals surface area contributed by atoms with Gasteiger partial charge in [0, 0.05) is 31.3 Å². The van der Waals surface area contributed by atoms with Gasteiger partial charge in [0.15, 0.2) is 0 Å². The maximum absolute atomic E-state index is 12.7. The number of hydrogen-bond acceptors (Lipinski definition) is 2. The van der Waals surface area contributed by atoms with Crippen molar-refractivity contribution in [3.63, 3.8) is 0 Å². The fourth-order valence-corrected chi connectivity index (χ4v) is 2.96. The second-order valence-corrected chi connectivity index (χ2v) is 6.05. The molecule has 2 aliphatic rings. The summed E-state index contributed by atoms with van der Waals surface area (Å²) in [6.45, 7) is 2.16. The van der Waals surface area contributed by atoms with Crippen LogP contribution in [0.1, 0.15) is 51.9 Å². The molecular formula is C13H20F2N2. The van der Waals surface area contributed by atoms with E-state index in [0.29, 0.717) is 12.5 Å². The minimum atomic E-state index is -2.43. The van der Waals surface area contributed by atoms with Gasteiger partial charge in [-0.1, -0.05) is 6.92 Å². The average Bonchev–Trinajstić information content (AvgIpc) is 2.19. The van der Waals surface area contributed by atoms with Crippen molar-refractivity contribution in [2.75, 3.05) is 0 Å². The zero-order valence-corrected chi connectivity index (χ0v) is 10.3. The van der Waals surface area contributed by atoms with Crippen LogP contribution in [0.3, 0.4) is 0 Å². The van der Waals surface area contributed by atoms with E-state index in [9.17, 15) is 8.78 Å². The van der Waals surface area contributed by atoms with Crippen LogP contribution < -0.4 is 5.32 Å². The summed E-state index contributed by atoms with van der Waals surface area (Å²) in [7, 11) is 0. The SMILES string of the molecule is C[C@]1(CC#N)CC[C@H](NC2CC(F)(F)C2)CC1. The first-order valence-corrected chi connectivity index (χ1v) is 6.43. The Morgan fingerprint density at radius 2 is 1.82 bits per heavy atom. The Morgan fingerprint density at radius 1 is 1.24 bits per heavy atom. The molecule has 0 aromatic rings. The Labute approximate surface area is 101 Å². The Hall–Kier alpha value is -0.690. The van der Waals surface area contributed by atoms with Crippen LogP contribution >= 0.6 is 0 Å². The molecule has 0 spiro atoms. The fraction of sp³-hybridized carbons (Fsp3) is 0.923. The number of rotatable bonds is 3. The molecule has 2 rings (SSSR count). The molecule has 0 atom stereocenters. The normalized spacial score (nSPS) is 37.2. The third-order valence-corrected chi connectivity index (χ3v) is 4.26. The molecule has 0 heterocycles. The van der Waals surface area contributed by atoms with Crippen LogP contribution in [0, 0.1) is 16.7 Å². The van der Waals surface area contributed by atoms with Crippen LogP contribution in [-0.2, 0) is 0 Å². The van der Waals surface area contributed by atoms with Crippen molar-refractivity contribution in [2.45, 2.75) is 69.9 Å². The van der Waals surface area contributed by atoms with E-state index < -0.39 is 5.92 Å². The van der Waals surface area contributed by atoms with Gasteiger partial charge in [-0.2, -0.15) is 5.26 Å². The zero-order valence-electron chi connectivity index (χ0n) is 10.3. The molecule has 0 aliphatic heterocycles. The molecule has 2 nitrogen and oxygen atoms in total. The van der Waals surface area contributed by atoms with E-state index in [1.54, 1.807) is 0 Å². The molecule has 4 heteroatoms. The van der Waals surface area contributed by atoms with Crippen molar-refractivity contribution in [3.8, 4) is 6.07 Å². The van der Waals surface area contributed by atoms with Crippen LogP contribution in [0.2, 0.25) is 0 Å². The summed E-state index contributed by atoms with van der Waals surface area (Å²) in [6.07, 6.45) is 4.70. The lowest BCUT2D eigenvalue weighted by molar-refractivity contribution is -0.0960. The van der Waals surface area contributed by atoms with Gasteiger partial charge in [0.2, 0.25) is 0 Å². The van der Waals surface area contributed by atoms with Crippen molar-refractivity contribution in [1.29, 1.82) is 5.26 Å². The fourth-order valence-electron chi connectivity index (χ4n) is 2.96. The van der Waals surface area contributed by atoms with Crippen LogP contribution in [0.15, 0.2) is 0 Å². The van der Waals surface area contributed by atoms with Crippen LogP contribution in [-0.4, -0.2) is 18.0 Å². The van der Waals surface area contributed by atoms with Gasteiger partial charge < -0.3 is 5.32 Å². The molecule has 2 saturated carbocycles. The van der Waals surface area contributed by atoms with E-state index in [1.165, 1.54) is 0 Å². The summed E-state index contributed by atoms with van der Waals surface area (Å²) < 4.78 is 25.4. The van der Waals surface area contributed by atoms with Crippen LogP contribution in [0.5, 0.6) is 0 Å². The number of nitriles is 1. The molecule has 0 amide bonds. The second-order valence-electron chi connectivity index (χ2n) is 6.05. The minimum absolute atomic E-state index is 0.00103. The largest absolute Gasteiger partial charge is 0.311 e. The smallest absolute Gasteiger partial charge is 0.251 e. The van der Waals surface area contributed by atoms with Crippen molar-refractivity contribution in [1.82, 2.24) is 5.32 Å². The monoisotopic (exact) mass is 242 g/mol. The van der Waals surface area contributed by atoms with Gasteiger partial charge in [-0.15, -0.1) is 0 Å². The van der Waals surface area contributed by atoms with Gasteiger partial charge in [-0.05, 0) is 31.1 Å². The highest BCUT2D eigenvalue weighted by molar-refractivity contribution is 4.96. The first-order valence-electron chi connectivity index (χ1n) is 6.43. The van der Waals surface area contributed by atoms with E-state index in [0.717, 1.165) is 25.7 Å². The summed E-state index contributed by atoms with van der Waals surface area (Å²) >= 11 is 0. The first kappa shape index (κ1) is 12.8. The van der Waals surface area contributed by atoms with Gasteiger partial charge in [0.25, 0.3) is 5.92 Å². The van der Waals surface area contributed by atoms with Crippen molar-refractivity contribution < 1.29 is 8.78 Å². The highest BCUT2D eigenvalue weighted by Crippen LogP contribution is 2.41. The Bertz CT molecular complexity index is 306. The Balaban J connectivity index is 1.72. The maximum atomic E-state index is 12.7. The second kappa shape index (κ2) is 4.53. The molecule has 17 heavy (non-hydrogen) atoms. The number of nitrogens with one attached hydrogen (secondary N) is 1. The number of alkyl halides is 2. The minimum Gasteiger partial charge on any atom is -0.311 e. The van der Waals surface area contributed by atoms with Crippen LogP contribution in [0.25, 0.3) is 0 Å². The third-order valence-electron chi connectivity index (χ3n) is 4.26. The van der Waals surface area contributed by atoms with E-state index in [1.807, 2.05) is 0 Å². The number of nitrogens with zero attached hydrogens (tertiary/aromatic N) is 1. The van der Waals surface area contributed by atoms with E-state index >= 15 is 0 Å². The molecule has 0 aromatic heterocycles. The molecule has 0 aromatic carbocycles. The summed E-state index contributed by atoms with van der Waals surface area (Å²) in [5, 5.41) is 12.1. The maximum Gasteiger partial charge on any atom is 0.251 e. The molecule has 0 unspecified atom stereocenters. The molecule has 2 fully saturated rings. The highest BCUT2D eigenvalue weighted by atomic mass is 19.3. The predicted octanol–water partition coefficient (Wildman–Crippen LogP) is 3.24. The first-order chi connectivity index (χ1) is 7.92. The molecular weight excluding hydrogens is 222 g/mol. The van der Waals surface area contributed by atoms with Gasteiger partial charge >= 0.3 is 0 Å². The van der Waals surface area contributed by atoms with E-state index in [2.05, 4.69) is 18.3 Å². The molecule has 0 radical (unpaired) electrons. The standard InChI is InChI=1S/C13H20F2N2/c1-12(6-7-16)4-2-10(3-5-12)17-11-8-13(14,15)9-11/h10-11,17H,2-6,8-9H2,1H3/t10-,12-. The molecule has 96 valence electrons. The zero-order chi connectivity index (χ0) is 12.5. The summed E-state index contributed by atoms with van der Waals surface area (Å²) in [5.74, 6) is -2.43. The van der Waals surface area contributed by atoms with Crippen molar-refractivity contribution in [3.05, 3.63) is 0 Å². The van der Waals surface area contributed by atoms with Gasteiger partial charge in [0.05, 0.1) is 6.07 Å². The topological polar surface area (TPSA) is 35.8 Å². The lowest BCUT2D eigenvalue weighted by Gasteiger charge is -2.42. The third kappa shape index (κ3) is 3.16. The Morgan fingerprint density at radius 3 is 2.29 bits per heavy atom. The van der Waals surface area contributed by atoms with Crippen molar-refractivity contribution >= 4 is 0 Å². The average molecular weight is 242 g/mol. The Kier molecular flexibility index (Phi) is 3.40. The molecule has 2 aliphatic carbocycles. The molecule has 0 bridgehead atoms. The predicted molar refractivity (Wildman–Crippen MR) is 61.7 cm³/mol.